The lowest BCUT2D eigenvalue weighted by Gasteiger charge is -2.08. The van der Waals surface area contributed by atoms with Crippen LogP contribution in [0.1, 0.15) is 35.8 Å². The Morgan fingerprint density at radius 3 is 2.84 bits per heavy atom. The van der Waals surface area contributed by atoms with Gasteiger partial charge < -0.3 is 10.1 Å². The molecule has 0 saturated heterocycles. The second-order valence-electron chi connectivity index (χ2n) is 4.56. The average Bonchev–Trinajstić information content (AvgIpc) is 2.86. The van der Waals surface area contributed by atoms with Gasteiger partial charge in [0.05, 0.1) is 7.11 Å². The van der Waals surface area contributed by atoms with Crippen molar-refractivity contribution in [1.29, 1.82) is 0 Å². The SMILES string of the molecule is COC(=O)c1cc(Nc2cccc(C(C)C)c2)n[nH]1. The van der Waals surface area contributed by atoms with Crippen molar-refractivity contribution in [2.45, 2.75) is 19.8 Å². The normalized spacial score (nSPS) is 10.5. The maximum Gasteiger partial charge on any atom is 0.356 e. The highest BCUT2D eigenvalue weighted by molar-refractivity contribution is 5.88. The summed E-state index contributed by atoms with van der Waals surface area (Å²) < 4.78 is 4.61. The number of methoxy groups -OCH3 is 1. The number of rotatable bonds is 4. The summed E-state index contributed by atoms with van der Waals surface area (Å²) >= 11 is 0. The average molecular weight is 259 g/mol. The molecule has 1 aromatic heterocycles. The number of aromatic amines is 1. The number of nitrogens with zero attached hydrogens (tertiary/aromatic N) is 1. The van der Waals surface area contributed by atoms with Gasteiger partial charge in [-0.1, -0.05) is 26.0 Å². The molecule has 0 bridgehead atoms. The fourth-order valence-electron chi connectivity index (χ4n) is 1.72. The van der Waals surface area contributed by atoms with Crippen LogP contribution in [0.4, 0.5) is 11.5 Å². The van der Waals surface area contributed by atoms with Crippen molar-refractivity contribution in [2.24, 2.45) is 0 Å². The molecular weight excluding hydrogens is 242 g/mol. The Morgan fingerprint density at radius 1 is 1.37 bits per heavy atom. The smallest absolute Gasteiger partial charge is 0.356 e. The summed E-state index contributed by atoms with van der Waals surface area (Å²) in [5, 5.41) is 9.79. The van der Waals surface area contributed by atoms with Gasteiger partial charge in [0, 0.05) is 11.8 Å². The Bertz CT molecular complexity index is 576. The van der Waals surface area contributed by atoms with E-state index in [-0.39, 0.29) is 0 Å². The Hall–Kier alpha value is -2.30. The van der Waals surface area contributed by atoms with Crippen LogP contribution in [-0.2, 0) is 4.74 Å². The highest BCUT2D eigenvalue weighted by Gasteiger charge is 2.09. The minimum atomic E-state index is -0.434. The van der Waals surface area contributed by atoms with E-state index in [1.165, 1.54) is 12.7 Å². The summed E-state index contributed by atoms with van der Waals surface area (Å²) in [6.45, 7) is 4.28. The van der Waals surface area contributed by atoms with Crippen LogP contribution in [0.25, 0.3) is 0 Å². The maximum absolute atomic E-state index is 11.3. The number of ether oxygens (including phenoxy) is 1. The van der Waals surface area contributed by atoms with Gasteiger partial charge in [-0.15, -0.1) is 0 Å². The third-order valence-corrected chi connectivity index (χ3v) is 2.81. The van der Waals surface area contributed by atoms with Gasteiger partial charge >= 0.3 is 5.97 Å². The van der Waals surface area contributed by atoms with Gasteiger partial charge in [-0.3, -0.25) is 5.10 Å². The molecule has 0 amide bonds. The Balaban J connectivity index is 2.15. The van der Waals surface area contributed by atoms with E-state index in [0.29, 0.717) is 17.4 Å². The fraction of sp³-hybridized carbons (Fsp3) is 0.286. The third-order valence-electron chi connectivity index (χ3n) is 2.81. The number of nitrogens with one attached hydrogen (secondary N) is 2. The zero-order valence-electron chi connectivity index (χ0n) is 11.2. The van der Waals surface area contributed by atoms with E-state index in [4.69, 9.17) is 0 Å². The fourth-order valence-corrected chi connectivity index (χ4v) is 1.72. The predicted molar refractivity (Wildman–Crippen MR) is 73.7 cm³/mol. The number of anilines is 2. The van der Waals surface area contributed by atoms with Crippen LogP contribution in [0.5, 0.6) is 0 Å². The van der Waals surface area contributed by atoms with E-state index in [0.717, 1.165) is 5.69 Å². The standard InChI is InChI=1S/C14H17N3O2/c1-9(2)10-5-4-6-11(7-10)15-13-8-12(16-17-13)14(18)19-3/h4-9H,1-3H3,(H2,15,16,17). The molecule has 2 aromatic rings. The molecule has 5 nitrogen and oxygen atoms in total. The summed E-state index contributed by atoms with van der Waals surface area (Å²) in [5.74, 6) is 0.615. The van der Waals surface area contributed by atoms with Crippen LogP contribution in [0.3, 0.4) is 0 Å². The Labute approximate surface area is 112 Å². The van der Waals surface area contributed by atoms with Gasteiger partial charge in [0.15, 0.2) is 5.82 Å². The molecular formula is C14H17N3O2. The number of benzene rings is 1. The third kappa shape index (κ3) is 3.13. The van der Waals surface area contributed by atoms with Gasteiger partial charge in [-0.2, -0.15) is 5.10 Å². The van der Waals surface area contributed by atoms with E-state index in [2.05, 4.69) is 46.2 Å². The first-order valence-corrected chi connectivity index (χ1v) is 6.11. The van der Waals surface area contributed by atoms with Gasteiger partial charge in [0.25, 0.3) is 0 Å². The lowest BCUT2D eigenvalue weighted by Crippen LogP contribution is -2.00. The van der Waals surface area contributed by atoms with Gasteiger partial charge in [0.1, 0.15) is 5.69 Å². The molecule has 0 saturated carbocycles. The van der Waals surface area contributed by atoms with Crippen LogP contribution in [0, 0.1) is 0 Å². The van der Waals surface area contributed by atoms with Gasteiger partial charge in [-0.05, 0) is 23.6 Å². The zero-order valence-corrected chi connectivity index (χ0v) is 11.2. The van der Waals surface area contributed by atoms with Crippen molar-refractivity contribution in [3.05, 3.63) is 41.6 Å². The highest BCUT2D eigenvalue weighted by atomic mass is 16.5. The summed E-state index contributed by atoms with van der Waals surface area (Å²) in [7, 11) is 1.34. The number of carbonyl (C=O) groups excluding carboxylic acids is 1. The van der Waals surface area contributed by atoms with Crippen LogP contribution >= 0.6 is 0 Å². The molecule has 2 N–H and O–H groups in total. The highest BCUT2D eigenvalue weighted by Crippen LogP contribution is 2.21. The van der Waals surface area contributed by atoms with Crippen LogP contribution in [-0.4, -0.2) is 23.3 Å². The van der Waals surface area contributed by atoms with Gasteiger partial charge in [0.2, 0.25) is 0 Å². The first-order valence-electron chi connectivity index (χ1n) is 6.11. The van der Waals surface area contributed by atoms with Crippen molar-refractivity contribution in [1.82, 2.24) is 10.2 Å². The molecule has 0 aliphatic rings. The number of H-pyrrole nitrogens is 1. The lowest BCUT2D eigenvalue weighted by molar-refractivity contribution is 0.0594. The molecule has 0 unspecified atom stereocenters. The monoisotopic (exact) mass is 259 g/mol. The van der Waals surface area contributed by atoms with Crippen molar-refractivity contribution < 1.29 is 9.53 Å². The minimum absolute atomic E-state index is 0.324. The van der Waals surface area contributed by atoms with Gasteiger partial charge in [-0.25, -0.2) is 4.79 Å². The Kier molecular flexibility index (Phi) is 3.85. The molecule has 0 fully saturated rings. The number of hydrogen-bond donors (Lipinski definition) is 2. The first-order chi connectivity index (χ1) is 9.10. The van der Waals surface area contributed by atoms with E-state index < -0.39 is 5.97 Å². The molecule has 100 valence electrons. The molecule has 0 aliphatic carbocycles. The van der Waals surface area contributed by atoms with Crippen molar-refractivity contribution in [3.63, 3.8) is 0 Å². The van der Waals surface area contributed by atoms with E-state index in [1.54, 1.807) is 6.07 Å². The molecule has 0 radical (unpaired) electrons. The minimum Gasteiger partial charge on any atom is -0.464 e. The summed E-state index contributed by atoms with van der Waals surface area (Å²) in [4.78, 5) is 11.3. The largest absolute Gasteiger partial charge is 0.464 e. The predicted octanol–water partition coefficient (Wildman–Crippen LogP) is 3.06. The summed E-state index contributed by atoms with van der Waals surface area (Å²) in [5.41, 5.74) is 2.51. The molecule has 0 atom stereocenters. The Morgan fingerprint density at radius 2 is 2.16 bits per heavy atom. The summed E-state index contributed by atoms with van der Waals surface area (Å²) in [6, 6.07) is 9.72. The second kappa shape index (κ2) is 5.56. The molecule has 0 spiro atoms. The quantitative estimate of drug-likeness (QED) is 0.828. The maximum atomic E-state index is 11.3. The van der Waals surface area contributed by atoms with Crippen LogP contribution in [0.15, 0.2) is 30.3 Å². The number of aromatic nitrogens is 2. The topological polar surface area (TPSA) is 67.0 Å². The number of carbonyl (C=O) groups is 1. The molecule has 1 heterocycles. The first kappa shape index (κ1) is 13.1. The molecule has 1 aromatic carbocycles. The second-order valence-corrected chi connectivity index (χ2v) is 4.56. The van der Waals surface area contributed by atoms with Crippen molar-refractivity contribution in [3.8, 4) is 0 Å². The molecule has 2 rings (SSSR count). The number of esters is 1. The zero-order chi connectivity index (χ0) is 13.8. The van der Waals surface area contributed by atoms with E-state index >= 15 is 0 Å². The van der Waals surface area contributed by atoms with E-state index in [1.807, 2.05) is 12.1 Å². The number of hydrogen-bond acceptors (Lipinski definition) is 4. The van der Waals surface area contributed by atoms with E-state index in [9.17, 15) is 4.79 Å². The molecule has 0 aliphatic heterocycles. The van der Waals surface area contributed by atoms with Crippen LogP contribution < -0.4 is 5.32 Å². The molecule has 19 heavy (non-hydrogen) atoms. The summed E-state index contributed by atoms with van der Waals surface area (Å²) in [6.07, 6.45) is 0. The van der Waals surface area contributed by atoms with Crippen molar-refractivity contribution >= 4 is 17.5 Å². The molecule has 5 heteroatoms. The van der Waals surface area contributed by atoms with Crippen molar-refractivity contribution in [2.75, 3.05) is 12.4 Å². The lowest BCUT2D eigenvalue weighted by atomic mass is 10.0. The van der Waals surface area contributed by atoms with Crippen LogP contribution in [0.2, 0.25) is 0 Å².